The summed E-state index contributed by atoms with van der Waals surface area (Å²) in [5, 5.41) is 21.2. The summed E-state index contributed by atoms with van der Waals surface area (Å²) >= 11 is 0. The Labute approximate surface area is 123 Å². The van der Waals surface area contributed by atoms with Gasteiger partial charge in [0.05, 0.1) is 0 Å². The van der Waals surface area contributed by atoms with Crippen molar-refractivity contribution >= 4 is 11.9 Å². The molecule has 2 aliphatic carbocycles. The fourth-order valence-electron chi connectivity index (χ4n) is 3.29. The number of carbonyl (C=O) groups is 2. The van der Waals surface area contributed by atoms with Crippen LogP contribution < -0.4 is 5.32 Å². The maximum absolute atomic E-state index is 12.2. The molecule has 0 radical (unpaired) electrons. The molecule has 112 valence electrons. The molecule has 0 heterocycles. The third kappa shape index (κ3) is 3.17. The predicted octanol–water partition coefficient (Wildman–Crippen LogP) is 1.55. The fourth-order valence-corrected chi connectivity index (χ4v) is 3.29. The number of phenols is 1. The van der Waals surface area contributed by atoms with Gasteiger partial charge in [-0.05, 0) is 48.8 Å². The van der Waals surface area contributed by atoms with Crippen LogP contribution in [-0.2, 0) is 16.0 Å². The van der Waals surface area contributed by atoms with Gasteiger partial charge < -0.3 is 15.5 Å². The Morgan fingerprint density at radius 1 is 1.14 bits per heavy atom. The van der Waals surface area contributed by atoms with E-state index in [1.807, 2.05) is 0 Å². The maximum atomic E-state index is 12.2. The van der Waals surface area contributed by atoms with Crippen molar-refractivity contribution in [1.82, 2.24) is 5.32 Å². The van der Waals surface area contributed by atoms with Gasteiger partial charge in [-0.25, -0.2) is 4.79 Å². The molecule has 1 amide bonds. The molecule has 1 aromatic carbocycles. The number of rotatable bonds is 5. The molecule has 0 aromatic heterocycles. The lowest BCUT2D eigenvalue weighted by Crippen LogP contribution is -2.44. The van der Waals surface area contributed by atoms with E-state index in [2.05, 4.69) is 5.32 Å². The lowest BCUT2D eigenvalue weighted by Gasteiger charge is -2.18. The Morgan fingerprint density at radius 2 is 1.76 bits per heavy atom. The van der Waals surface area contributed by atoms with E-state index in [-0.39, 0.29) is 24.0 Å². The fraction of sp³-hybridized carbons (Fsp3) is 0.500. The van der Waals surface area contributed by atoms with Gasteiger partial charge in [0.25, 0.3) is 0 Å². The van der Waals surface area contributed by atoms with Crippen LogP contribution in [0.4, 0.5) is 0 Å². The van der Waals surface area contributed by atoms with Crippen molar-refractivity contribution in [3.8, 4) is 5.75 Å². The zero-order chi connectivity index (χ0) is 15.0. The minimum Gasteiger partial charge on any atom is -0.508 e. The van der Waals surface area contributed by atoms with E-state index in [0.29, 0.717) is 11.8 Å². The molecule has 1 aromatic rings. The second-order valence-corrected chi connectivity index (χ2v) is 6.19. The first-order valence-corrected chi connectivity index (χ1v) is 7.34. The van der Waals surface area contributed by atoms with Gasteiger partial charge in [0.2, 0.25) is 5.91 Å². The highest BCUT2D eigenvalue weighted by Gasteiger charge is 2.48. The van der Waals surface area contributed by atoms with Gasteiger partial charge in [-0.3, -0.25) is 4.79 Å². The minimum absolute atomic E-state index is 0.0181. The number of hydrogen-bond acceptors (Lipinski definition) is 3. The van der Waals surface area contributed by atoms with Crippen LogP contribution in [-0.4, -0.2) is 28.1 Å². The molecule has 2 aliphatic rings. The number of carboxylic acids is 1. The molecular weight excluding hydrogens is 270 g/mol. The summed E-state index contributed by atoms with van der Waals surface area (Å²) in [5.41, 5.74) is 0.773. The van der Waals surface area contributed by atoms with Crippen molar-refractivity contribution in [2.24, 2.45) is 17.8 Å². The van der Waals surface area contributed by atoms with Crippen LogP contribution in [0.1, 0.15) is 24.8 Å². The molecule has 3 atom stereocenters. The summed E-state index contributed by atoms with van der Waals surface area (Å²) in [7, 11) is 0. The summed E-state index contributed by atoms with van der Waals surface area (Å²) in [6, 6.07) is 5.45. The van der Waals surface area contributed by atoms with E-state index in [0.717, 1.165) is 18.4 Å². The lowest BCUT2D eigenvalue weighted by molar-refractivity contribution is -0.142. The van der Waals surface area contributed by atoms with Crippen molar-refractivity contribution in [2.45, 2.75) is 31.7 Å². The molecule has 21 heavy (non-hydrogen) atoms. The number of benzene rings is 1. The number of hydrogen-bond donors (Lipinski definition) is 3. The number of aliphatic carboxylic acids is 1. The van der Waals surface area contributed by atoms with Gasteiger partial charge in [0, 0.05) is 12.3 Å². The molecule has 0 saturated heterocycles. The third-order valence-corrected chi connectivity index (χ3v) is 4.61. The Balaban J connectivity index is 1.60. The number of nitrogens with one attached hydrogen (secondary N) is 1. The maximum Gasteiger partial charge on any atom is 0.326 e. The molecule has 5 heteroatoms. The normalized spacial score (nSPS) is 27.7. The molecule has 3 rings (SSSR count). The molecule has 0 bridgehead atoms. The first-order valence-electron chi connectivity index (χ1n) is 7.34. The predicted molar refractivity (Wildman–Crippen MR) is 75.7 cm³/mol. The van der Waals surface area contributed by atoms with Gasteiger partial charge in [0.15, 0.2) is 0 Å². The van der Waals surface area contributed by atoms with E-state index in [9.17, 15) is 19.8 Å². The van der Waals surface area contributed by atoms with Crippen molar-refractivity contribution < 1.29 is 19.8 Å². The molecule has 5 nitrogen and oxygen atoms in total. The molecule has 2 unspecified atom stereocenters. The SMILES string of the molecule is O=C(N[C@H](Cc1ccc(O)cc1)C(=O)O)C1CC2CC2C1. The summed E-state index contributed by atoms with van der Waals surface area (Å²) in [6.45, 7) is 0. The van der Waals surface area contributed by atoms with E-state index >= 15 is 0 Å². The largest absolute Gasteiger partial charge is 0.508 e. The van der Waals surface area contributed by atoms with Gasteiger partial charge >= 0.3 is 5.97 Å². The second-order valence-electron chi connectivity index (χ2n) is 6.19. The number of carbonyl (C=O) groups excluding carboxylic acids is 1. The highest BCUT2D eigenvalue weighted by Crippen LogP contribution is 2.54. The van der Waals surface area contributed by atoms with Crippen LogP contribution in [0, 0.1) is 17.8 Å². The first-order chi connectivity index (χ1) is 10.0. The summed E-state index contributed by atoms with van der Waals surface area (Å²) in [5.74, 6) is 0.352. The van der Waals surface area contributed by atoms with Gasteiger partial charge in [0.1, 0.15) is 11.8 Å². The smallest absolute Gasteiger partial charge is 0.326 e. The zero-order valence-electron chi connectivity index (χ0n) is 11.7. The average Bonchev–Trinajstić information content (AvgIpc) is 3.06. The number of carboxylic acid groups (broad SMARTS) is 1. The van der Waals surface area contributed by atoms with Crippen molar-refractivity contribution in [3.63, 3.8) is 0 Å². The Hall–Kier alpha value is -2.04. The van der Waals surface area contributed by atoms with Crippen LogP contribution in [0.3, 0.4) is 0 Å². The van der Waals surface area contributed by atoms with E-state index in [1.54, 1.807) is 12.1 Å². The highest BCUT2D eigenvalue weighted by molar-refractivity contribution is 5.85. The molecule has 2 saturated carbocycles. The molecule has 3 N–H and O–H groups in total. The molecule has 2 fully saturated rings. The monoisotopic (exact) mass is 289 g/mol. The third-order valence-electron chi connectivity index (χ3n) is 4.61. The standard InChI is InChI=1S/C16H19NO4/c18-13-3-1-9(2-4-13)5-14(16(20)21)17-15(19)12-7-10-6-11(10)8-12/h1-4,10-12,14,18H,5-8H2,(H,17,19)(H,20,21)/t10?,11?,12?,14-/m1/s1. The van der Waals surface area contributed by atoms with Gasteiger partial charge in [-0.15, -0.1) is 0 Å². The van der Waals surface area contributed by atoms with Crippen molar-refractivity contribution in [2.75, 3.05) is 0 Å². The van der Waals surface area contributed by atoms with Crippen LogP contribution in [0.5, 0.6) is 5.75 Å². The summed E-state index contributed by atoms with van der Waals surface area (Å²) in [6.07, 6.45) is 3.27. The van der Waals surface area contributed by atoms with Crippen LogP contribution >= 0.6 is 0 Å². The Morgan fingerprint density at radius 3 is 2.33 bits per heavy atom. The van der Waals surface area contributed by atoms with Crippen LogP contribution in [0.15, 0.2) is 24.3 Å². The zero-order valence-corrected chi connectivity index (χ0v) is 11.7. The van der Waals surface area contributed by atoms with Crippen molar-refractivity contribution in [3.05, 3.63) is 29.8 Å². The summed E-state index contributed by atoms with van der Waals surface area (Å²) in [4.78, 5) is 23.5. The molecule has 0 spiro atoms. The second kappa shape index (κ2) is 5.39. The quantitative estimate of drug-likeness (QED) is 0.767. The molecular formula is C16H19NO4. The average molecular weight is 289 g/mol. The topological polar surface area (TPSA) is 86.6 Å². The Kier molecular flexibility index (Phi) is 3.57. The lowest BCUT2D eigenvalue weighted by atomic mass is 10.0. The van der Waals surface area contributed by atoms with E-state index in [4.69, 9.17) is 0 Å². The number of amides is 1. The van der Waals surface area contributed by atoms with Crippen LogP contribution in [0.25, 0.3) is 0 Å². The van der Waals surface area contributed by atoms with E-state index in [1.165, 1.54) is 18.6 Å². The Bertz CT molecular complexity index is 544. The van der Waals surface area contributed by atoms with Gasteiger partial charge in [-0.2, -0.15) is 0 Å². The van der Waals surface area contributed by atoms with Crippen molar-refractivity contribution in [1.29, 1.82) is 0 Å². The van der Waals surface area contributed by atoms with E-state index < -0.39 is 12.0 Å². The molecule has 0 aliphatic heterocycles. The number of aromatic hydroxyl groups is 1. The van der Waals surface area contributed by atoms with Crippen LogP contribution in [0.2, 0.25) is 0 Å². The first kappa shape index (κ1) is 13.9. The number of phenolic OH excluding ortho intramolecular Hbond substituents is 1. The summed E-state index contributed by atoms with van der Waals surface area (Å²) < 4.78 is 0. The minimum atomic E-state index is -1.03. The number of fused-ring (bicyclic) bond motifs is 1. The highest BCUT2D eigenvalue weighted by atomic mass is 16.4. The van der Waals surface area contributed by atoms with Gasteiger partial charge in [-0.1, -0.05) is 12.1 Å².